The van der Waals surface area contributed by atoms with Crippen LogP contribution in [0.4, 0.5) is 11.4 Å². The summed E-state index contributed by atoms with van der Waals surface area (Å²) in [6.45, 7) is 3.13. The molecule has 0 aliphatic heterocycles. The minimum atomic E-state index is -3.54. The molecule has 9 nitrogen and oxygen atoms in total. The molecule has 156 valence electrons. The lowest BCUT2D eigenvalue weighted by Gasteiger charge is -2.07. The van der Waals surface area contributed by atoms with Gasteiger partial charge >= 0.3 is 0 Å². The summed E-state index contributed by atoms with van der Waals surface area (Å²) in [5, 5.41) is 24.1. The number of nitro benzene ring substituents is 1. The zero-order valence-electron chi connectivity index (χ0n) is 16.2. The lowest BCUT2D eigenvalue weighted by atomic mass is 10.2. The fourth-order valence-electron chi connectivity index (χ4n) is 2.40. The van der Waals surface area contributed by atoms with E-state index in [0.717, 1.165) is 18.7 Å². The SMILES string of the molecule is CCCOc1ccc(C=NCCNc2ccc(S(C)(=O)=O)cc2[N+](=O)[O-])c(O)c1. The maximum absolute atomic E-state index is 11.6. The van der Waals surface area contributed by atoms with E-state index in [-0.39, 0.29) is 28.6 Å². The maximum atomic E-state index is 11.6. The number of aliphatic imine (C=N–C) groups is 1. The minimum Gasteiger partial charge on any atom is -0.507 e. The quantitative estimate of drug-likeness (QED) is 0.261. The van der Waals surface area contributed by atoms with Crippen LogP contribution in [0.25, 0.3) is 0 Å². The molecule has 0 amide bonds. The highest BCUT2D eigenvalue weighted by Gasteiger charge is 2.18. The van der Waals surface area contributed by atoms with E-state index in [1.54, 1.807) is 12.1 Å². The number of nitrogens with zero attached hydrogens (tertiary/aromatic N) is 2. The van der Waals surface area contributed by atoms with Crippen LogP contribution in [-0.2, 0) is 9.84 Å². The Hall–Kier alpha value is -3.14. The lowest BCUT2D eigenvalue weighted by molar-refractivity contribution is -0.384. The molecule has 0 spiro atoms. The number of aromatic hydroxyl groups is 1. The number of phenols is 1. The number of anilines is 1. The number of hydrogen-bond acceptors (Lipinski definition) is 8. The van der Waals surface area contributed by atoms with Crippen molar-refractivity contribution in [2.24, 2.45) is 4.99 Å². The standard InChI is InChI=1S/C19H23N3O6S/c1-3-10-28-15-5-4-14(19(23)11-15)13-20-8-9-21-17-7-6-16(29(2,26)27)12-18(17)22(24)25/h4-7,11-13,21,23H,3,8-10H2,1-2H3. The molecule has 2 N–H and O–H groups in total. The first-order chi connectivity index (χ1) is 13.7. The molecule has 0 bridgehead atoms. The van der Waals surface area contributed by atoms with Crippen LogP contribution in [-0.4, -0.2) is 50.6 Å². The predicted octanol–water partition coefficient (Wildman–Crippen LogP) is 3.02. The monoisotopic (exact) mass is 421 g/mol. The second-order valence-electron chi connectivity index (χ2n) is 6.24. The van der Waals surface area contributed by atoms with Crippen LogP contribution >= 0.6 is 0 Å². The molecule has 29 heavy (non-hydrogen) atoms. The topological polar surface area (TPSA) is 131 Å². The molecule has 0 aromatic heterocycles. The number of hydrogen-bond donors (Lipinski definition) is 2. The van der Waals surface area contributed by atoms with Crippen molar-refractivity contribution in [1.29, 1.82) is 0 Å². The summed E-state index contributed by atoms with van der Waals surface area (Å²) in [7, 11) is -3.54. The Morgan fingerprint density at radius 3 is 2.66 bits per heavy atom. The average Bonchev–Trinajstić information content (AvgIpc) is 2.66. The average molecular weight is 421 g/mol. The first kappa shape index (κ1) is 22.2. The summed E-state index contributed by atoms with van der Waals surface area (Å²) in [5.74, 6) is 0.621. The first-order valence-electron chi connectivity index (χ1n) is 8.90. The molecule has 0 aliphatic carbocycles. The van der Waals surface area contributed by atoms with E-state index in [1.807, 2.05) is 6.92 Å². The molecule has 0 saturated heterocycles. The van der Waals surface area contributed by atoms with E-state index in [0.29, 0.717) is 24.5 Å². The Morgan fingerprint density at radius 1 is 1.28 bits per heavy atom. The van der Waals surface area contributed by atoms with Gasteiger partial charge in [-0.2, -0.15) is 0 Å². The van der Waals surface area contributed by atoms with Gasteiger partial charge in [-0.05, 0) is 30.7 Å². The van der Waals surface area contributed by atoms with Gasteiger partial charge in [0.05, 0.1) is 23.0 Å². The highest BCUT2D eigenvalue weighted by molar-refractivity contribution is 7.90. The molecule has 0 aliphatic rings. The number of phenolic OH excluding ortho intramolecular Hbond substituents is 1. The van der Waals surface area contributed by atoms with E-state index >= 15 is 0 Å². The van der Waals surface area contributed by atoms with Gasteiger partial charge < -0.3 is 15.2 Å². The van der Waals surface area contributed by atoms with E-state index < -0.39 is 14.8 Å². The van der Waals surface area contributed by atoms with E-state index in [2.05, 4.69) is 10.3 Å². The molecule has 2 aromatic carbocycles. The Balaban J connectivity index is 1.97. The molecule has 0 unspecified atom stereocenters. The fourth-order valence-corrected chi connectivity index (χ4v) is 3.04. The van der Waals surface area contributed by atoms with Crippen LogP contribution in [0, 0.1) is 10.1 Å². The van der Waals surface area contributed by atoms with Crippen molar-refractivity contribution in [2.75, 3.05) is 31.3 Å². The Morgan fingerprint density at radius 2 is 2.03 bits per heavy atom. The summed E-state index contributed by atoms with van der Waals surface area (Å²) in [6.07, 6.45) is 3.36. The van der Waals surface area contributed by atoms with Crippen LogP contribution in [0.2, 0.25) is 0 Å². The van der Waals surface area contributed by atoms with Crippen molar-refractivity contribution in [1.82, 2.24) is 0 Å². The van der Waals surface area contributed by atoms with Crippen molar-refractivity contribution in [2.45, 2.75) is 18.2 Å². The molecule has 0 heterocycles. The normalized spacial score (nSPS) is 11.5. The van der Waals surface area contributed by atoms with Gasteiger partial charge in [-0.15, -0.1) is 0 Å². The van der Waals surface area contributed by atoms with Crippen LogP contribution in [0.1, 0.15) is 18.9 Å². The fraction of sp³-hybridized carbons (Fsp3) is 0.316. The second-order valence-corrected chi connectivity index (χ2v) is 8.26. The third-order valence-electron chi connectivity index (χ3n) is 3.86. The van der Waals surface area contributed by atoms with Gasteiger partial charge in [-0.3, -0.25) is 15.1 Å². The van der Waals surface area contributed by atoms with E-state index in [9.17, 15) is 23.6 Å². The molecule has 0 radical (unpaired) electrons. The molecular formula is C19H23N3O6S. The van der Waals surface area contributed by atoms with Crippen molar-refractivity contribution in [3.05, 3.63) is 52.1 Å². The molecule has 0 fully saturated rings. The van der Waals surface area contributed by atoms with Crippen molar-refractivity contribution in [3.8, 4) is 11.5 Å². The van der Waals surface area contributed by atoms with E-state index in [1.165, 1.54) is 24.4 Å². The number of ether oxygens (including phenoxy) is 1. The van der Waals surface area contributed by atoms with Crippen LogP contribution in [0.15, 0.2) is 46.3 Å². The van der Waals surface area contributed by atoms with Gasteiger partial charge in [0.25, 0.3) is 5.69 Å². The smallest absolute Gasteiger partial charge is 0.293 e. The molecule has 10 heteroatoms. The molecule has 0 saturated carbocycles. The number of rotatable bonds is 10. The zero-order chi connectivity index (χ0) is 21.4. The third kappa shape index (κ3) is 6.46. The van der Waals surface area contributed by atoms with Gasteiger partial charge in [0.1, 0.15) is 17.2 Å². The van der Waals surface area contributed by atoms with Crippen LogP contribution in [0.5, 0.6) is 11.5 Å². The summed E-state index contributed by atoms with van der Waals surface area (Å²) >= 11 is 0. The first-order valence-corrected chi connectivity index (χ1v) is 10.8. The molecular weight excluding hydrogens is 398 g/mol. The van der Waals surface area contributed by atoms with Gasteiger partial charge in [0.2, 0.25) is 0 Å². The summed E-state index contributed by atoms with van der Waals surface area (Å²) in [5.41, 5.74) is 0.410. The van der Waals surface area contributed by atoms with Crippen molar-refractivity contribution in [3.63, 3.8) is 0 Å². The molecule has 0 atom stereocenters. The number of nitrogens with one attached hydrogen (secondary N) is 1. The lowest BCUT2D eigenvalue weighted by Crippen LogP contribution is -2.08. The minimum absolute atomic E-state index is 0.0438. The van der Waals surface area contributed by atoms with Gasteiger partial charge in [0.15, 0.2) is 9.84 Å². The Labute approximate surface area is 169 Å². The predicted molar refractivity (Wildman–Crippen MR) is 111 cm³/mol. The van der Waals surface area contributed by atoms with Crippen molar-refractivity contribution < 1.29 is 23.2 Å². The highest BCUT2D eigenvalue weighted by atomic mass is 32.2. The highest BCUT2D eigenvalue weighted by Crippen LogP contribution is 2.27. The zero-order valence-corrected chi connectivity index (χ0v) is 17.0. The van der Waals surface area contributed by atoms with Crippen molar-refractivity contribution >= 4 is 27.4 Å². The van der Waals surface area contributed by atoms with Crippen LogP contribution in [0.3, 0.4) is 0 Å². The molecule has 2 rings (SSSR count). The van der Waals surface area contributed by atoms with Crippen LogP contribution < -0.4 is 10.1 Å². The van der Waals surface area contributed by atoms with Gasteiger partial charge in [-0.25, -0.2) is 8.42 Å². The number of nitro groups is 1. The summed E-state index contributed by atoms with van der Waals surface area (Å²) in [4.78, 5) is 14.6. The molecule has 2 aromatic rings. The number of sulfone groups is 1. The van der Waals surface area contributed by atoms with Gasteiger partial charge in [0, 0.05) is 36.7 Å². The van der Waals surface area contributed by atoms with Gasteiger partial charge in [-0.1, -0.05) is 6.92 Å². The number of benzene rings is 2. The summed E-state index contributed by atoms with van der Waals surface area (Å²) < 4.78 is 28.6. The third-order valence-corrected chi connectivity index (χ3v) is 4.97. The summed E-state index contributed by atoms with van der Waals surface area (Å²) in [6, 6.07) is 8.64. The Bertz CT molecular complexity index is 1000. The maximum Gasteiger partial charge on any atom is 0.293 e. The van der Waals surface area contributed by atoms with E-state index in [4.69, 9.17) is 4.74 Å². The second kappa shape index (κ2) is 9.87. The largest absolute Gasteiger partial charge is 0.507 e. The Kier molecular flexibility index (Phi) is 7.54.